The van der Waals surface area contributed by atoms with Crippen molar-refractivity contribution in [3.63, 3.8) is 0 Å². The molecule has 0 spiro atoms. The van der Waals surface area contributed by atoms with E-state index in [1.165, 1.54) is 30.3 Å². The predicted octanol–water partition coefficient (Wildman–Crippen LogP) is 14.0. The zero-order chi connectivity index (χ0) is 53.1. The molecule has 0 radical (unpaired) electrons. The quantitative estimate of drug-likeness (QED) is 0.111. The molecule has 0 aliphatic carbocycles. The van der Waals surface area contributed by atoms with Crippen molar-refractivity contribution in [2.45, 2.75) is 115 Å². The minimum atomic E-state index is -4.38. The summed E-state index contributed by atoms with van der Waals surface area (Å²) in [7, 11) is -2.24. The maximum atomic E-state index is 12.9. The molecule has 72 heavy (non-hydrogen) atoms. The Labute approximate surface area is 415 Å². The average Bonchev–Trinajstić information content (AvgIpc) is 3.63. The lowest BCUT2D eigenvalue weighted by molar-refractivity contribution is -0.138. The minimum Gasteiger partial charge on any atom is -0.427 e. The zero-order valence-corrected chi connectivity index (χ0v) is 41.1. The lowest BCUT2D eigenvalue weighted by atomic mass is 9.80. The first-order chi connectivity index (χ1) is 33.3. The van der Waals surface area contributed by atoms with Crippen molar-refractivity contribution < 1.29 is 68.2 Å². The van der Waals surface area contributed by atoms with Crippen molar-refractivity contribution in [2.24, 2.45) is 0 Å². The molecule has 0 saturated carbocycles. The van der Waals surface area contributed by atoms with Crippen molar-refractivity contribution >= 4 is 21.4 Å². The van der Waals surface area contributed by atoms with Gasteiger partial charge < -0.3 is 28.7 Å². The molecule has 18 heteroatoms. The number of rotatable bonds is 9. The van der Waals surface area contributed by atoms with Gasteiger partial charge in [-0.15, -0.1) is 0 Å². The van der Waals surface area contributed by atoms with E-state index in [-0.39, 0.29) is 20.6 Å². The molecule has 2 fully saturated rings. The van der Waals surface area contributed by atoms with E-state index in [1.54, 1.807) is 42.5 Å². The van der Waals surface area contributed by atoms with Crippen LogP contribution >= 0.6 is 0 Å². The van der Waals surface area contributed by atoms with Crippen LogP contribution in [0.3, 0.4) is 0 Å². The second kappa shape index (κ2) is 21.6. The summed E-state index contributed by atoms with van der Waals surface area (Å²) in [5.74, 6) is 0. The summed E-state index contributed by atoms with van der Waals surface area (Å²) in [6.07, 6.45) is -12.0. The van der Waals surface area contributed by atoms with Crippen molar-refractivity contribution in [3.8, 4) is 33.4 Å². The summed E-state index contributed by atoms with van der Waals surface area (Å²) >= 11 is 0. The highest BCUT2D eigenvalue weighted by Crippen LogP contribution is 2.40. The Morgan fingerprint density at radius 2 is 0.611 bits per heavy atom. The molecule has 380 valence electrons. The third-order valence-corrected chi connectivity index (χ3v) is 13.2. The summed E-state index contributed by atoms with van der Waals surface area (Å²) in [4.78, 5) is 0. The predicted molar refractivity (Wildman–Crippen MR) is 264 cm³/mol. The molecule has 2 aliphatic heterocycles. The van der Waals surface area contributed by atoms with Crippen LogP contribution in [0.25, 0.3) is 33.4 Å². The third kappa shape index (κ3) is 14.4. The first-order valence-electron chi connectivity index (χ1n) is 23.2. The largest absolute Gasteiger partial charge is 0.462 e. The topological polar surface area (TPSA) is 77.4 Å². The van der Waals surface area contributed by atoms with E-state index in [1.807, 2.05) is 104 Å². The molecular formula is C54H56B3F9O6. The van der Waals surface area contributed by atoms with Gasteiger partial charge in [0.1, 0.15) is 0 Å². The normalized spacial score (nSPS) is 16.9. The summed E-state index contributed by atoms with van der Waals surface area (Å²) in [6.45, 7) is 15.9. The molecule has 0 unspecified atom stereocenters. The molecule has 0 atom stereocenters. The lowest BCUT2D eigenvalue weighted by Crippen LogP contribution is -2.41. The molecule has 6 nitrogen and oxygen atoms in total. The van der Waals surface area contributed by atoms with Crippen molar-refractivity contribution in [1.29, 1.82) is 0 Å². The van der Waals surface area contributed by atoms with E-state index >= 15 is 0 Å². The number of benzene rings is 6. The van der Waals surface area contributed by atoms with Crippen LogP contribution in [0.5, 0.6) is 0 Å². The highest BCUT2D eigenvalue weighted by Gasteiger charge is 2.52. The van der Waals surface area contributed by atoms with E-state index in [0.717, 1.165) is 46.5 Å². The molecule has 2 aliphatic rings. The van der Waals surface area contributed by atoms with Gasteiger partial charge in [0, 0.05) is 19.0 Å². The molecule has 2 saturated heterocycles. The molecule has 0 aromatic heterocycles. The van der Waals surface area contributed by atoms with Gasteiger partial charge in [-0.2, -0.15) is 39.5 Å². The molecule has 8 rings (SSSR count). The third-order valence-electron chi connectivity index (χ3n) is 13.2. The summed E-state index contributed by atoms with van der Waals surface area (Å²) in [6, 6.07) is 37.4. The van der Waals surface area contributed by atoms with Gasteiger partial charge in [-0.25, -0.2) is 0 Å². The van der Waals surface area contributed by atoms with E-state index in [4.69, 9.17) is 28.7 Å². The summed E-state index contributed by atoms with van der Waals surface area (Å²) in [5.41, 5.74) is 2.54. The Balaban J connectivity index is 0.000000178. The number of hydrogen-bond acceptors (Lipinski definition) is 6. The standard InChI is InChI=1S/2C20H22BF3O2.C14H12BF3O2/c2*1-18(2)19(3,4)26-21(25-18)13-14-7-5-8-15(11-14)16-9-6-10-17(12-16)20(22,23)24;16-14(17,18)13-6-2-5-12(8-13)11-4-1-3-10(7-11)9-15(19)20/h2*5-12H,13H2,1-4H3;1-8,19-20H,9H2. The first-order valence-corrected chi connectivity index (χ1v) is 23.2. The Kier molecular flexibility index (Phi) is 16.8. The SMILES string of the molecule is CC1(C)OB(Cc2cccc(-c3cccc(C(F)(F)F)c3)c2)OC1(C)C.CC1(C)OB(Cc2cccc(-c3cccc(C(F)(F)F)c3)c2)OC1(C)C.OB(O)Cc1cccc(-c2cccc(C(F)(F)F)c2)c1. The highest BCUT2D eigenvalue weighted by molar-refractivity contribution is 6.45. The first kappa shape index (κ1) is 55.9. The molecule has 6 aromatic rings. The Morgan fingerprint density at radius 1 is 0.375 bits per heavy atom. The van der Waals surface area contributed by atoms with E-state index in [0.29, 0.717) is 40.5 Å². The van der Waals surface area contributed by atoms with Crippen molar-refractivity contribution in [3.05, 3.63) is 179 Å². The Hall–Kier alpha value is -5.36. The molecule has 2 N–H and O–H groups in total. The van der Waals surface area contributed by atoms with Gasteiger partial charge in [-0.05, 0) is 142 Å². The van der Waals surface area contributed by atoms with Crippen LogP contribution in [0.2, 0.25) is 0 Å². The second-order valence-electron chi connectivity index (χ2n) is 19.8. The van der Waals surface area contributed by atoms with Crippen molar-refractivity contribution in [2.75, 3.05) is 0 Å². The van der Waals surface area contributed by atoms with E-state index in [2.05, 4.69) is 0 Å². The van der Waals surface area contributed by atoms with Crippen LogP contribution in [0.15, 0.2) is 146 Å². The molecular weight excluding hydrogens is 948 g/mol. The minimum absolute atomic E-state index is 0.0345. The maximum absolute atomic E-state index is 12.9. The Bertz CT molecular complexity index is 2620. The average molecular weight is 1000 g/mol. The number of alkyl halides is 9. The fourth-order valence-corrected chi connectivity index (χ4v) is 7.95. The molecule has 0 bridgehead atoms. The van der Waals surface area contributed by atoms with Gasteiger partial charge in [0.25, 0.3) is 0 Å². The van der Waals surface area contributed by atoms with Crippen LogP contribution in [0, 0.1) is 0 Å². The van der Waals surface area contributed by atoms with Gasteiger partial charge in [-0.1, -0.05) is 109 Å². The van der Waals surface area contributed by atoms with Gasteiger partial charge >= 0.3 is 39.9 Å². The fraction of sp³-hybridized carbons (Fsp3) is 0.333. The van der Waals surface area contributed by atoms with Crippen LogP contribution in [0.4, 0.5) is 39.5 Å². The zero-order valence-electron chi connectivity index (χ0n) is 41.1. The number of hydrogen-bond donors (Lipinski definition) is 2. The monoisotopic (exact) mass is 1000 g/mol. The van der Waals surface area contributed by atoms with E-state index < -0.39 is 64.7 Å². The highest BCUT2D eigenvalue weighted by atomic mass is 19.4. The maximum Gasteiger partial charge on any atom is 0.462 e. The molecule has 0 amide bonds. The van der Waals surface area contributed by atoms with Crippen LogP contribution < -0.4 is 0 Å². The van der Waals surface area contributed by atoms with Gasteiger partial charge in [-0.3, -0.25) is 0 Å². The molecule has 2 heterocycles. The van der Waals surface area contributed by atoms with Gasteiger partial charge in [0.05, 0.1) is 39.1 Å². The van der Waals surface area contributed by atoms with Crippen LogP contribution in [-0.4, -0.2) is 53.8 Å². The van der Waals surface area contributed by atoms with Gasteiger partial charge in [0.2, 0.25) is 0 Å². The number of halogens is 9. The summed E-state index contributed by atoms with van der Waals surface area (Å²) in [5, 5.41) is 17.8. The second-order valence-corrected chi connectivity index (χ2v) is 19.8. The van der Waals surface area contributed by atoms with Gasteiger partial charge in [0.15, 0.2) is 0 Å². The van der Waals surface area contributed by atoms with Crippen LogP contribution in [0.1, 0.15) is 88.8 Å². The lowest BCUT2D eigenvalue weighted by Gasteiger charge is -2.32. The van der Waals surface area contributed by atoms with Crippen molar-refractivity contribution in [1.82, 2.24) is 0 Å². The summed E-state index contributed by atoms with van der Waals surface area (Å²) < 4.78 is 140. The van der Waals surface area contributed by atoms with Crippen LogP contribution in [-0.2, 0) is 56.1 Å². The smallest absolute Gasteiger partial charge is 0.427 e. The molecule has 6 aromatic carbocycles. The van der Waals surface area contributed by atoms with E-state index in [9.17, 15) is 39.5 Å². The fourth-order valence-electron chi connectivity index (χ4n) is 7.95. The Morgan fingerprint density at radius 3 is 0.875 bits per heavy atom.